The van der Waals surface area contributed by atoms with E-state index in [0.29, 0.717) is 42.5 Å². The fourth-order valence-electron chi connectivity index (χ4n) is 4.88. The van der Waals surface area contributed by atoms with Gasteiger partial charge in [0.15, 0.2) is 11.5 Å². The van der Waals surface area contributed by atoms with Crippen LogP contribution in [0.2, 0.25) is 0 Å². The lowest BCUT2D eigenvalue weighted by atomic mass is 10.1. The molecule has 0 spiro atoms. The van der Waals surface area contributed by atoms with Gasteiger partial charge in [0.25, 0.3) is 0 Å². The van der Waals surface area contributed by atoms with Gasteiger partial charge in [0.05, 0.1) is 20.1 Å². The molecule has 0 unspecified atom stereocenters. The highest BCUT2D eigenvalue weighted by Crippen LogP contribution is 2.31. The van der Waals surface area contributed by atoms with Crippen molar-refractivity contribution in [2.45, 2.75) is 45.4 Å². The molecule has 3 amide bonds. The van der Waals surface area contributed by atoms with Crippen molar-refractivity contribution in [3.63, 3.8) is 0 Å². The fourth-order valence-corrected chi connectivity index (χ4v) is 4.88. The van der Waals surface area contributed by atoms with E-state index in [0.717, 1.165) is 36.4 Å². The predicted molar refractivity (Wildman–Crippen MR) is 172 cm³/mol. The highest BCUT2D eigenvalue weighted by atomic mass is 16.5. The summed E-state index contributed by atoms with van der Waals surface area (Å²) in [5.41, 5.74) is 3.70. The van der Waals surface area contributed by atoms with Crippen molar-refractivity contribution in [3.05, 3.63) is 77.9 Å². The summed E-state index contributed by atoms with van der Waals surface area (Å²) in [7, 11) is 1.36. The number of anilines is 3. The average molecular weight is 603 g/mol. The Morgan fingerprint density at radius 2 is 1.52 bits per heavy atom. The number of likely N-dealkylation sites (tertiary alicyclic amines) is 1. The minimum atomic E-state index is -0.341. The molecule has 1 saturated heterocycles. The number of nitrogens with one attached hydrogen (secondary N) is 3. The number of rotatable bonds is 14. The highest BCUT2D eigenvalue weighted by molar-refractivity contribution is 6.00. The molecule has 0 aliphatic carbocycles. The number of carbonyl (C=O) groups is 3. The molecule has 234 valence electrons. The largest absolute Gasteiger partial charge is 0.490 e. The normalized spacial score (nSPS) is 13.0. The number of carbonyl (C=O) groups excluding carboxylic acids is 3. The van der Waals surface area contributed by atoms with Crippen molar-refractivity contribution in [1.29, 1.82) is 0 Å². The zero-order valence-electron chi connectivity index (χ0n) is 25.5. The zero-order valence-corrected chi connectivity index (χ0v) is 25.5. The van der Waals surface area contributed by atoms with E-state index in [-0.39, 0.29) is 30.7 Å². The second kappa shape index (κ2) is 16.9. The van der Waals surface area contributed by atoms with Crippen LogP contribution in [0.15, 0.2) is 66.7 Å². The number of amides is 3. The minimum absolute atomic E-state index is 0.152. The zero-order chi connectivity index (χ0) is 31.1. The van der Waals surface area contributed by atoms with Crippen LogP contribution < -0.4 is 25.4 Å². The summed E-state index contributed by atoms with van der Waals surface area (Å²) in [5, 5.41) is 8.57. The third-order valence-electron chi connectivity index (χ3n) is 7.32. The Morgan fingerprint density at radius 1 is 0.795 bits per heavy atom. The summed E-state index contributed by atoms with van der Waals surface area (Å²) in [6.45, 7) is 5.78. The third kappa shape index (κ3) is 10.6. The van der Waals surface area contributed by atoms with Crippen molar-refractivity contribution in [2.24, 2.45) is 0 Å². The number of nitrogens with zero attached hydrogens (tertiary/aromatic N) is 1. The molecule has 1 aliphatic heterocycles. The SMILES string of the molecule is COC(=O)CCCOc1cc(NC(=O)Cc2ccc(NC(=O)Nc3ccccc3C)cc2)ccc1OCCN1CCCCC1. The molecule has 0 radical (unpaired) electrons. The van der Waals surface area contributed by atoms with Gasteiger partial charge in [-0.15, -0.1) is 0 Å². The lowest BCUT2D eigenvalue weighted by molar-refractivity contribution is -0.140. The first-order chi connectivity index (χ1) is 21.4. The third-order valence-corrected chi connectivity index (χ3v) is 7.32. The van der Waals surface area contributed by atoms with Gasteiger partial charge < -0.3 is 30.2 Å². The number of urea groups is 1. The van der Waals surface area contributed by atoms with Gasteiger partial charge in [0, 0.05) is 36.1 Å². The number of hydrogen-bond acceptors (Lipinski definition) is 7. The molecule has 44 heavy (non-hydrogen) atoms. The van der Waals surface area contributed by atoms with Gasteiger partial charge in [-0.2, -0.15) is 0 Å². The van der Waals surface area contributed by atoms with E-state index in [1.807, 2.05) is 31.2 Å². The van der Waals surface area contributed by atoms with Gasteiger partial charge >= 0.3 is 12.0 Å². The van der Waals surface area contributed by atoms with Crippen LogP contribution in [-0.2, 0) is 20.7 Å². The molecule has 10 nitrogen and oxygen atoms in total. The average Bonchev–Trinajstić information content (AvgIpc) is 3.02. The Kier molecular flexibility index (Phi) is 12.4. The molecular weight excluding hydrogens is 560 g/mol. The Hall–Kier alpha value is -4.57. The standard InChI is InChI=1S/C34H42N4O6/c1-25-9-4-5-10-29(25)37-34(41)36-27-14-12-26(13-15-27)23-32(39)35-28-16-17-30(44-22-20-38-18-6-3-7-19-38)31(24-28)43-21-8-11-33(40)42-2/h4-5,9-10,12-17,24H,3,6-8,11,18-23H2,1-2H3,(H,35,39)(H2,36,37,41). The maximum Gasteiger partial charge on any atom is 0.323 e. The van der Waals surface area contributed by atoms with E-state index in [4.69, 9.17) is 14.2 Å². The first-order valence-electron chi connectivity index (χ1n) is 15.1. The maximum absolute atomic E-state index is 12.9. The van der Waals surface area contributed by atoms with Crippen molar-refractivity contribution in [2.75, 3.05) is 55.9 Å². The van der Waals surface area contributed by atoms with E-state index >= 15 is 0 Å². The van der Waals surface area contributed by atoms with E-state index in [1.165, 1.54) is 26.4 Å². The van der Waals surface area contributed by atoms with Crippen LogP contribution in [0, 0.1) is 6.92 Å². The molecule has 0 bridgehead atoms. The molecule has 3 aromatic carbocycles. The molecular formula is C34H42N4O6. The van der Waals surface area contributed by atoms with Gasteiger partial charge in [-0.1, -0.05) is 36.8 Å². The molecule has 0 atom stereocenters. The van der Waals surface area contributed by atoms with Crippen molar-refractivity contribution in [3.8, 4) is 11.5 Å². The summed E-state index contributed by atoms with van der Waals surface area (Å²) in [5.74, 6) is 0.610. The number of ether oxygens (including phenoxy) is 3. The van der Waals surface area contributed by atoms with Crippen molar-refractivity contribution >= 4 is 35.0 Å². The monoisotopic (exact) mass is 602 g/mol. The molecule has 1 aliphatic rings. The topological polar surface area (TPSA) is 118 Å². The summed E-state index contributed by atoms with van der Waals surface area (Å²) in [6.07, 6.45) is 4.62. The second-order valence-electron chi connectivity index (χ2n) is 10.8. The molecule has 0 saturated carbocycles. The van der Waals surface area contributed by atoms with Crippen LogP contribution in [0.3, 0.4) is 0 Å². The number of hydrogen-bond donors (Lipinski definition) is 3. The van der Waals surface area contributed by atoms with Crippen LogP contribution >= 0.6 is 0 Å². The number of esters is 1. The molecule has 3 aromatic rings. The number of benzene rings is 3. The van der Waals surface area contributed by atoms with Gasteiger partial charge in [-0.3, -0.25) is 14.5 Å². The van der Waals surface area contributed by atoms with Crippen LogP contribution in [0.1, 0.15) is 43.2 Å². The molecule has 1 heterocycles. The van der Waals surface area contributed by atoms with Crippen molar-refractivity contribution < 1.29 is 28.6 Å². The molecule has 4 rings (SSSR count). The van der Waals surface area contributed by atoms with Crippen LogP contribution in [0.5, 0.6) is 11.5 Å². The van der Waals surface area contributed by atoms with Crippen LogP contribution in [-0.4, -0.2) is 62.8 Å². The molecule has 1 fully saturated rings. The van der Waals surface area contributed by atoms with Crippen molar-refractivity contribution in [1.82, 2.24) is 4.90 Å². The van der Waals surface area contributed by atoms with Gasteiger partial charge in [-0.25, -0.2) is 4.79 Å². The lowest BCUT2D eigenvalue weighted by Gasteiger charge is -2.26. The van der Waals surface area contributed by atoms with Gasteiger partial charge in [0.1, 0.15) is 6.61 Å². The molecule has 0 aromatic heterocycles. The lowest BCUT2D eigenvalue weighted by Crippen LogP contribution is -2.33. The summed E-state index contributed by atoms with van der Waals surface area (Å²) >= 11 is 0. The molecule has 10 heteroatoms. The highest BCUT2D eigenvalue weighted by Gasteiger charge is 2.13. The number of aryl methyl sites for hydroxylation is 1. The predicted octanol–water partition coefficient (Wildman–Crippen LogP) is 6.02. The fraction of sp³-hybridized carbons (Fsp3) is 0.382. The Labute approximate surface area is 259 Å². The van der Waals surface area contributed by atoms with E-state index in [1.54, 1.807) is 42.5 Å². The van der Waals surface area contributed by atoms with Gasteiger partial charge in [0.2, 0.25) is 5.91 Å². The van der Waals surface area contributed by atoms with Crippen LogP contribution in [0.25, 0.3) is 0 Å². The smallest absolute Gasteiger partial charge is 0.323 e. The van der Waals surface area contributed by atoms with E-state index in [9.17, 15) is 14.4 Å². The first kappa shape index (κ1) is 32.3. The Morgan fingerprint density at radius 3 is 2.27 bits per heavy atom. The Bertz CT molecular complexity index is 1390. The van der Waals surface area contributed by atoms with E-state index < -0.39 is 0 Å². The maximum atomic E-state index is 12.9. The Balaban J connectivity index is 1.30. The van der Waals surface area contributed by atoms with Gasteiger partial charge in [-0.05, 0) is 80.7 Å². The minimum Gasteiger partial charge on any atom is -0.490 e. The van der Waals surface area contributed by atoms with Crippen LogP contribution in [0.4, 0.5) is 21.9 Å². The summed E-state index contributed by atoms with van der Waals surface area (Å²) in [4.78, 5) is 39.1. The number of para-hydroxylation sites is 1. The van der Waals surface area contributed by atoms with E-state index in [2.05, 4.69) is 20.9 Å². The summed E-state index contributed by atoms with van der Waals surface area (Å²) < 4.78 is 16.7. The summed E-state index contributed by atoms with van der Waals surface area (Å²) in [6, 6.07) is 19.7. The molecule has 3 N–H and O–H groups in total. The second-order valence-corrected chi connectivity index (χ2v) is 10.8. The quantitative estimate of drug-likeness (QED) is 0.153. The number of methoxy groups -OCH3 is 1. The number of piperidine rings is 1. The first-order valence-corrected chi connectivity index (χ1v) is 15.1.